The molecule has 0 fully saturated rings. The first-order valence-electron chi connectivity index (χ1n) is 9.32. The minimum Gasteiger partial charge on any atom is -0.488 e. The molecule has 0 radical (unpaired) electrons. The number of fused-ring (bicyclic) bond motifs is 1. The summed E-state index contributed by atoms with van der Waals surface area (Å²) in [5.41, 5.74) is -2.27. The van der Waals surface area contributed by atoms with Crippen molar-refractivity contribution in [3.8, 4) is 22.6 Å². The lowest BCUT2D eigenvalue weighted by molar-refractivity contribution is -0.0500. The Labute approximate surface area is 181 Å². The lowest BCUT2D eigenvalue weighted by Crippen LogP contribution is -2.28. The molecule has 1 aliphatic rings. The molecule has 164 valence electrons. The Morgan fingerprint density at radius 1 is 0.906 bits per heavy atom. The van der Waals surface area contributed by atoms with Crippen molar-refractivity contribution < 1.29 is 35.3 Å². The van der Waals surface area contributed by atoms with Crippen molar-refractivity contribution in [1.82, 2.24) is 0 Å². The van der Waals surface area contributed by atoms with Gasteiger partial charge in [0.1, 0.15) is 18.1 Å². The molecule has 0 spiro atoms. The van der Waals surface area contributed by atoms with Gasteiger partial charge in [-0.05, 0) is 34.9 Å². The largest absolute Gasteiger partial charge is 0.534 e. The average molecular weight is 460 g/mol. The van der Waals surface area contributed by atoms with Gasteiger partial charge in [0.05, 0.1) is 5.56 Å². The quantitative estimate of drug-likeness (QED) is 0.303. The van der Waals surface area contributed by atoms with Gasteiger partial charge in [-0.3, -0.25) is 4.79 Å². The smallest absolute Gasteiger partial charge is 0.488 e. The lowest BCUT2D eigenvalue weighted by Gasteiger charge is -2.20. The zero-order chi connectivity index (χ0) is 22.9. The van der Waals surface area contributed by atoms with Crippen molar-refractivity contribution in [1.29, 1.82) is 0 Å². The summed E-state index contributed by atoms with van der Waals surface area (Å²) in [7, 11) is -5.82. The Hall–Kier alpha value is -3.59. The predicted molar refractivity (Wildman–Crippen MR) is 112 cm³/mol. The van der Waals surface area contributed by atoms with Gasteiger partial charge in [-0.15, -0.1) is 0 Å². The third-order valence-electron chi connectivity index (χ3n) is 4.72. The van der Waals surface area contributed by atoms with Crippen molar-refractivity contribution in [3.05, 3.63) is 89.5 Å². The zero-order valence-electron chi connectivity index (χ0n) is 16.3. The molecule has 0 aromatic heterocycles. The van der Waals surface area contributed by atoms with Gasteiger partial charge < -0.3 is 8.92 Å². The second kappa shape index (κ2) is 8.16. The lowest BCUT2D eigenvalue weighted by atomic mass is 9.97. The van der Waals surface area contributed by atoms with Gasteiger partial charge in [0.25, 0.3) is 0 Å². The number of hydrogen-bond acceptors (Lipinski definition) is 5. The monoisotopic (exact) mass is 460 g/mol. The van der Waals surface area contributed by atoms with Crippen LogP contribution in [0.2, 0.25) is 0 Å². The Kier molecular flexibility index (Phi) is 5.52. The van der Waals surface area contributed by atoms with E-state index in [1.165, 1.54) is 6.07 Å². The molecule has 0 saturated carbocycles. The number of ketones is 1. The normalized spacial score (nSPS) is 15.2. The molecule has 0 saturated heterocycles. The van der Waals surface area contributed by atoms with Gasteiger partial charge in [0.15, 0.2) is 5.78 Å². The fraction of sp³-hybridized carbons (Fsp3) is 0.0870. The molecular formula is C23H15F3O5S. The van der Waals surface area contributed by atoms with Crippen molar-refractivity contribution in [2.24, 2.45) is 0 Å². The molecule has 5 nitrogen and oxygen atoms in total. The van der Waals surface area contributed by atoms with E-state index in [-0.39, 0.29) is 23.7 Å². The molecule has 32 heavy (non-hydrogen) atoms. The van der Waals surface area contributed by atoms with Gasteiger partial charge in [0, 0.05) is 11.6 Å². The topological polar surface area (TPSA) is 69.7 Å². The minimum absolute atomic E-state index is 0.0542. The maximum Gasteiger partial charge on any atom is 0.534 e. The fourth-order valence-corrected chi connectivity index (χ4v) is 3.59. The molecule has 0 aliphatic carbocycles. The molecule has 1 heterocycles. The Balaban J connectivity index is 1.54. The number of carbonyl (C=O) groups is 1. The summed E-state index contributed by atoms with van der Waals surface area (Å²) in [4.78, 5) is 12.8. The molecule has 3 aromatic carbocycles. The molecule has 4 rings (SSSR count). The molecule has 9 heteroatoms. The van der Waals surface area contributed by atoms with Crippen molar-refractivity contribution >= 4 is 22.0 Å². The average Bonchev–Trinajstić information content (AvgIpc) is 2.76. The summed E-state index contributed by atoms with van der Waals surface area (Å²) in [6, 6.07) is 20.4. The summed E-state index contributed by atoms with van der Waals surface area (Å²) >= 11 is 0. The first-order valence-corrected chi connectivity index (χ1v) is 10.7. The van der Waals surface area contributed by atoms with E-state index in [0.717, 1.165) is 28.8 Å². The third kappa shape index (κ3) is 4.38. The van der Waals surface area contributed by atoms with Crippen LogP contribution in [0.5, 0.6) is 11.5 Å². The SMILES string of the molecule is O=C1C(=Cc2ccc(-c3ccccc3)cc2)COc2cc(OS(=O)(=O)C(F)(F)F)ccc21. The second-order valence-electron chi connectivity index (χ2n) is 6.92. The number of rotatable bonds is 4. The third-order valence-corrected chi connectivity index (χ3v) is 5.70. The standard InChI is InChI=1S/C23H15F3O5S/c24-23(25,26)32(28,29)31-19-10-11-20-21(13-19)30-14-18(22(20)27)12-15-6-8-17(9-7-15)16-4-2-1-3-5-16/h1-13H,14H2. The number of benzene rings is 3. The van der Waals surface area contributed by atoms with Crippen LogP contribution in [0.1, 0.15) is 15.9 Å². The summed E-state index contributed by atoms with van der Waals surface area (Å²) < 4.78 is 69.3. The van der Waals surface area contributed by atoms with Gasteiger partial charge in [-0.25, -0.2) is 0 Å². The van der Waals surface area contributed by atoms with E-state index in [4.69, 9.17) is 4.74 Å². The van der Waals surface area contributed by atoms with E-state index in [0.29, 0.717) is 5.57 Å². The molecule has 0 atom stereocenters. The summed E-state index contributed by atoms with van der Waals surface area (Å²) in [6.07, 6.45) is 1.67. The first-order chi connectivity index (χ1) is 15.1. The van der Waals surface area contributed by atoms with Gasteiger partial charge in [-0.2, -0.15) is 21.6 Å². The predicted octanol–water partition coefficient (Wildman–Crippen LogP) is 5.24. The number of alkyl halides is 3. The Morgan fingerprint density at radius 3 is 2.22 bits per heavy atom. The molecule has 1 aliphatic heterocycles. The van der Waals surface area contributed by atoms with Crippen molar-refractivity contribution in [2.75, 3.05) is 6.61 Å². The highest BCUT2D eigenvalue weighted by atomic mass is 32.2. The van der Waals surface area contributed by atoms with Gasteiger partial charge in [0.2, 0.25) is 0 Å². The van der Waals surface area contributed by atoms with E-state index in [2.05, 4.69) is 4.18 Å². The highest BCUT2D eigenvalue weighted by Gasteiger charge is 2.48. The van der Waals surface area contributed by atoms with Crippen LogP contribution in [0.4, 0.5) is 13.2 Å². The van der Waals surface area contributed by atoms with E-state index in [1.807, 2.05) is 54.6 Å². The number of halogens is 3. The fourth-order valence-electron chi connectivity index (χ4n) is 3.14. The number of Topliss-reactive ketones (excluding diaryl/α,β-unsaturated/α-hetero) is 1. The van der Waals surface area contributed by atoms with Crippen LogP contribution in [-0.4, -0.2) is 26.3 Å². The van der Waals surface area contributed by atoms with Crippen LogP contribution in [0, 0.1) is 0 Å². The minimum atomic E-state index is -5.82. The van der Waals surface area contributed by atoms with Gasteiger partial charge >= 0.3 is 15.6 Å². The second-order valence-corrected chi connectivity index (χ2v) is 8.45. The van der Waals surface area contributed by atoms with Gasteiger partial charge in [-0.1, -0.05) is 54.6 Å². The maximum atomic E-state index is 12.8. The first kappa shape index (κ1) is 21.6. The molecule has 0 amide bonds. The van der Waals surface area contributed by atoms with Crippen LogP contribution < -0.4 is 8.92 Å². The highest BCUT2D eigenvalue weighted by molar-refractivity contribution is 7.88. The van der Waals surface area contributed by atoms with Crippen molar-refractivity contribution in [2.45, 2.75) is 5.51 Å². The molecular weight excluding hydrogens is 445 g/mol. The number of ether oxygens (including phenoxy) is 1. The summed E-state index contributed by atoms with van der Waals surface area (Å²) in [5, 5.41) is 0. The van der Waals surface area contributed by atoms with Crippen LogP contribution in [0.3, 0.4) is 0 Å². The van der Waals surface area contributed by atoms with E-state index in [1.54, 1.807) is 6.08 Å². The molecule has 3 aromatic rings. The summed E-state index contributed by atoms with van der Waals surface area (Å²) in [6.45, 7) is -0.123. The van der Waals surface area contributed by atoms with E-state index in [9.17, 15) is 26.4 Å². The summed E-state index contributed by atoms with van der Waals surface area (Å²) in [5.74, 6) is -1.03. The van der Waals surface area contributed by atoms with Crippen LogP contribution in [0.15, 0.2) is 78.4 Å². The number of hydrogen-bond donors (Lipinski definition) is 0. The van der Waals surface area contributed by atoms with E-state index >= 15 is 0 Å². The Morgan fingerprint density at radius 2 is 1.56 bits per heavy atom. The maximum absolute atomic E-state index is 12.8. The van der Waals surface area contributed by atoms with Crippen LogP contribution >= 0.6 is 0 Å². The molecule has 0 bridgehead atoms. The van der Waals surface area contributed by atoms with Crippen molar-refractivity contribution in [3.63, 3.8) is 0 Å². The number of carbonyl (C=O) groups excluding carboxylic acids is 1. The highest BCUT2D eigenvalue weighted by Crippen LogP contribution is 2.34. The Bertz CT molecular complexity index is 1300. The molecule has 0 unspecified atom stereocenters. The molecule has 0 N–H and O–H groups in total. The van der Waals surface area contributed by atoms with Crippen LogP contribution in [0.25, 0.3) is 17.2 Å². The zero-order valence-corrected chi connectivity index (χ0v) is 17.1. The van der Waals surface area contributed by atoms with Crippen LogP contribution in [-0.2, 0) is 10.1 Å². The van der Waals surface area contributed by atoms with E-state index < -0.39 is 21.4 Å².